The maximum absolute atomic E-state index is 8.63. The summed E-state index contributed by atoms with van der Waals surface area (Å²) < 4.78 is 0. The molecule has 110 valence electrons. The molecule has 6 heteroatoms. The van der Waals surface area contributed by atoms with Crippen molar-refractivity contribution in [1.82, 2.24) is 9.88 Å². The Kier molecular flexibility index (Phi) is 4.13. The van der Waals surface area contributed by atoms with E-state index in [4.69, 9.17) is 10.9 Å². The number of aromatic nitrogens is 1. The van der Waals surface area contributed by atoms with Crippen LogP contribution in [-0.2, 0) is 0 Å². The molecule has 0 amide bonds. The minimum absolute atomic E-state index is 0.0848. The number of hydrogen-bond donors (Lipinski definition) is 2. The minimum atomic E-state index is 0.0848. The number of piperazine rings is 1. The summed E-state index contributed by atoms with van der Waals surface area (Å²) in [5, 5.41) is 11.6. The maximum atomic E-state index is 8.63. The molecule has 1 aromatic rings. The van der Waals surface area contributed by atoms with Gasteiger partial charge in [0.1, 0.15) is 5.82 Å². The highest BCUT2D eigenvalue weighted by molar-refractivity contribution is 5.96. The summed E-state index contributed by atoms with van der Waals surface area (Å²) in [6.07, 6.45) is 1.64. The Labute approximate surface area is 119 Å². The fraction of sp³-hybridized carbons (Fsp3) is 0.571. The van der Waals surface area contributed by atoms with Gasteiger partial charge >= 0.3 is 0 Å². The molecule has 0 radical (unpaired) electrons. The third-order valence-electron chi connectivity index (χ3n) is 3.70. The van der Waals surface area contributed by atoms with E-state index >= 15 is 0 Å². The molecular weight excluding hydrogens is 254 g/mol. The zero-order chi connectivity index (χ0) is 14.8. The van der Waals surface area contributed by atoms with Crippen LogP contribution in [0.15, 0.2) is 23.5 Å². The highest BCUT2D eigenvalue weighted by Gasteiger charge is 2.26. The Bertz CT molecular complexity index is 469. The van der Waals surface area contributed by atoms with Crippen LogP contribution in [0, 0.1) is 0 Å². The summed E-state index contributed by atoms with van der Waals surface area (Å²) in [7, 11) is 0. The third-order valence-corrected chi connectivity index (χ3v) is 3.70. The second-order valence-corrected chi connectivity index (χ2v) is 6.04. The van der Waals surface area contributed by atoms with Crippen LogP contribution in [0.4, 0.5) is 5.82 Å². The molecule has 6 nitrogen and oxygen atoms in total. The standard InChI is InChI=1S/C14H23N5O/c1-14(2,3)19-8-6-18(7-9-19)12-5-4-11(10-16-12)13(15)17-20/h4-5,10,20H,6-9H2,1-3H3,(H2,15,17). The highest BCUT2D eigenvalue weighted by atomic mass is 16.4. The van der Waals surface area contributed by atoms with E-state index in [-0.39, 0.29) is 11.4 Å². The number of nitrogens with two attached hydrogens (primary N) is 1. The van der Waals surface area contributed by atoms with Crippen LogP contribution >= 0.6 is 0 Å². The normalized spacial score (nSPS) is 18.4. The quantitative estimate of drug-likeness (QED) is 0.366. The van der Waals surface area contributed by atoms with Crippen LogP contribution in [-0.4, -0.2) is 52.6 Å². The Balaban J connectivity index is 2.01. The summed E-state index contributed by atoms with van der Waals surface area (Å²) >= 11 is 0. The summed E-state index contributed by atoms with van der Waals surface area (Å²) in [5.41, 5.74) is 6.38. The number of pyridine rings is 1. The van der Waals surface area contributed by atoms with Gasteiger partial charge in [0.15, 0.2) is 5.84 Å². The third kappa shape index (κ3) is 3.19. The van der Waals surface area contributed by atoms with Crippen LogP contribution in [0.25, 0.3) is 0 Å². The summed E-state index contributed by atoms with van der Waals surface area (Å²) in [5.74, 6) is 1.02. The smallest absolute Gasteiger partial charge is 0.171 e. The molecule has 20 heavy (non-hydrogen) atoms. The van der Waals surface area contributed by atoms with Crippen molar-refractivity contribution >= 4 is 11.7 Å². The van der Waals surface area contributed by atoms with Crippen LogP contribution in [0.3, 0.4) is 0 Å². The Morgan fingerprint density at radius 1 is 1.25 bits per heavy atom. The van der Waals surface area contributed by atoms with Crippen molar-refractivity contribution < 1.29 is 5.21 Å². The van der Waals surface area contributed by atoms with Gasteiger partial charge in [-0.2, -0.15) is 0 Å². The second-order valence-electron chi connectivity index (χ2n) is 6.04. The molecular formula is C14H23N5O. The summed E-state index contributed by atoms with van der Waals surface area (Å²) in [6.45, 7) is 10.7. The molecule has 1 aliphatic rings. The van der Waals surface area contributed by atoms with E-state index in [9.17, 15) is 0 Å². The van der Waals surface area contributed by atoms with Gasteiger partial charge in [0.05, 0.1) is 0 Å². The molecule has 2 heterocycles. The number of nitrogens with zero attached hydrogens (tertiary/aromatic N) is 4. The fourth-order valence-corrected chi connectivity index (χ4v) is 2.39. The topological polar surface area (TPSA) is 78.0 Å². The molecule has 2 rings (SSSR count). The summed E-state index contributed by atoms with van der Waals surface area (Å²) in [6, 6.07) is 3.74. The van der Waals surface area contributed by atoms with E-state index < -0.39 is 0 Å². The van der Waals surface area contributed by atoms with Crippen LogP contribution in [0.5, 0.6) is 0 Å². The van der Waals surface area contributed by atoms with Gasteiger partial charge in [0, 0.05) is 43.5 Å². The molecule has 0 atom stereocenters. The van der Waals surface area contributed by atoms with E-state index in [1.807, 2.05) is 12.1 Å². The van der Waals surface area contributed by atoms with Gasteiger partial charge in [-0.05, 0) is 32.9 Å². The van der Waals surface area contributed by atoms with E-state index in [2.05, 4.69) is 40.7 Å². The monoisotopic (exact) mass is 277 g/mol. The first-order valence-corrected chi connectivity index (χ1v) is 6.86. The molecule has 0 unspecified atom stereocenters. The predicted octanol–water partition coefficient (Wildman–Crippen LogP) is 1.10. The molecule has 0 aliphatic carbocycles. The average Bonchev–Trinajstić information content (AvgIpc) is 2.46. The predicted molar refractivity (Wildman–Crippen MR) is 80.3 cm³/mol. The SMILES string of the molecule is CC(C)(C)N1CCN(c2ccc(C(N)=NO)cn2)CC1. The van der Waals surface area contributed by atoms with Crippen molar-refractivity contribution in [2.75, 3.05) is 31.1 Å². The number of anilines is 1. The fourth-order valence-electron chi connectivity index (χ4n) is 2.39. The zero-order valence-electron chi connectivity index (χ0n) is 12.4. The molecule has 3 N–H and O–H groups in total. The summed E-state index contributed by atoms with van der Waals surface area (Å²) in [4.78, 5) is 9.14. The molecule has 1 fully saturated rings. The Morgan fingerprint density at radius 3 is 2.35 bits per heavy atom. The first-order valence-electron chi connectivity index (χ1n) is 6.86. The van der Waals surface area contributed by atoms with Crippen LogP contribution in [0.2, 0.25) is 0 Å². The first kappa shape index (κ1) is 14.6. The van der Waals surface area contributed by atoms with E-state index in [0.717, 1.165) is 32.0 Å². The van der Waals surface area contributed by atoms with E-state index in [1.54, 1.807) is 6.20 Å². The average molecular weight is 277 g/mol. The lowest BCUT2D eigenvalue weighted by Gasteiger charge is -2.42. The molecule has 1 aromatic heterocycles. The van der Waals surface area contributed by atoms with Gasteiger partial charge in [0.25, 0.3) is 0 Å². The first-order chi connectivity index (χ1) is 9.41. The van der Waals surface area contributed by atoms with Crippen molar-refractivity contribution in [2.45, 2.75) is 26.3 Å². The Morgan fingerprint density at radius 2 is 1.90 bits per heavy atom. The number of oxime groups is 1. The molecule has 0 aromatic carbocycles. The van der Waals surface area contributed by atoms with Crippen LogP contribution < -0.4 is 10.6 Å². The van der Waals surface area contributed by atoms with Gasteiger partial charge in [0.2, 0.25) is 0 Å². The highest BCUT2D eigenvalue weighted by Crippen LogP contribution is 2.19. The number of amidine groups is 1. The van der Waals surface area contributed by atoms with Crippen molar-refractivity contribution in [3.63, 3.8) is 0 Å². The lowest BCUT2D eigenvalue weighted by Crippen LogP contribution is -2.53. The van der Waals surface area contributed by atoms with E-state index in [0.29, 0.717) is 5.56 Å². The number of hydrogen-bond acceptors (Lipinski definition) is 5. The van der Waals surface area contributed by atoms with Gasteiger partial charge in [-0.15, -0.1) is 0 Å². The van der Waals surface area contributed by atoms with Crippen molar-refractivity contribution in [3.8, 4) is 0 Å². The van der Waals surface area contributed by atoms with Crippen molar-refractivity contribution in [3.05, 3.63) is 23.9 Å². The van der Waals surface area contributed by atoms with Gasteiger partial charge in [-0.3, -0.25) is 4.90 Å². The van der Waals surface area contributed by atoms with Crippen molar-refractivity contribution in [1.29, 1.82) is 0 Å². The molecule has 0 saturated carbocycles. The zero-order valence-corrected chi connectivity index (χ0v) is 12.4. The largest absolute Gasteiger partial charge is 0.409 e. The minimum Gasteiger partial charge on any atom is -0.409 e. The van der Waals surface area contributed by atoms with Crippen molar-refractivity contribution in [2.24, 2.45) is 10.9 Å². The lowest BCUT2D eigenvalue weighted by molar-refractivity contribution is 0.128. The number of rotatable bonds is 2. The van der Waals surface area contributed by atoms with E-state index in [1.165, 1.54) is 0 Å². The maximum Gasteiger partial charge on any atom is 0.171 e. The molecule has 0 bridgehead atoms. The molecule has 1 saturated heterocycles. The van der Waals surface area contributed by atoms with Gasteiger partial charge < -0.3 is 15.8 Å². The molecule has 1 aliphatic heterocycles. The van der Waals surface area contributed by atoms with Crippen LogP contribution in [0.1, 0.15) is 26.3 Å². The van der Waals surface area contributed by atoms with Gasteiger partial charge in [-0.25, -0.2) is 4.98 Å². The van der Waals surface area contributed by atoms with Gasteiger partial charge in [-0.1, -0.05) is 5.16 Å². The lowest BCUT2D eigenvalue weighted by atomic mass is 10.0. The Hall–Kier alpha value is -1.82. The second kappa shape index (κ2) is 5.66. The molecule has 0 spiro atoms.